The van der Waals surface area contributed by atoms with Crippen molar-refractivity contribution in [2.24, 2.45) is 0 Å². The summed E-state index contributed by atoms with van der Waals surface area (Å²) in [6.07, 6.45) is 0.871. The van der Waals surface area contributed by atoms with Crippen molar-refractivity contribution >= 4 is 44.0 Å². The number of anilines is 2. The third-order valence-corrected chi connectivity index (χ3v) is 4.35. The molecule has 0 bridgehead atoms. The highest BCUT2D eigenvalue weighted by Gasteiger charge is 2.07. The van der Waals surface area contributed by atoms with Crippen LogP contribution in [0.3, 0.4) is 0 Å². The second-order valence-electron chi connectivity index (χ2n) is 4.66. The number of methoxy groups -OCH3 is 1. The summed E-state index contributed by atoms with van der Waals surface area (Å²) in [5, 5.41) is 5.01. The molecule has 21 heavy (non-hydrogen) atoms. The Morgan fingerprint density at radius 1 is 1.24 bits per heavy atom. The van der Waals surface area contributed by atoms with E-state index in [1.165, 1.54) is 5.56 Å². The highest BCUT2D eigenvalue weighted by Crippen LogP contribution is 2.31. The van der Waals surface area contributed by atoms with E-state index in [-0.39, 0.29) is 0 Å². The number of ether oxygens (including phenoxy) is 1. The molecule has 0 saturated carbocycles. The molecule has 5 heteroatoms. The van der Waals surface area contributed by atoms with Gasteiger partial charge in [0.25, 0.3) is 0 Å². The zero-order chi connectivity index (χ0) is 14.7. The molecule has 0 aliphatic carbocycles. The van der Waals surface area contributed by atoms with E-state index in [2.05, 4.69) is 22.4 Å². The molecule has 0 unspecified atom stereocenters. The lowest BCUT2D eigenvalue weighted by Gasteiger charge is -2.09. The molecule has 2 aromatic carbocycles. The molecule has 0 aliphatic rings. The van der Waals surface area contributed by atoms with Crippen molar-refractivity contribution in [3.8, 4) is 0 Å². The second-order valence-corrected chi connectivity index (χ2v) is 6.12. The Balaban J connectivity index is 1.87. The summed E-state index contributed by atoms with van der Waals surface area (Å²) in [7, 11) is 1.72. The predicted molar refractivity (Wildman–Crippen MR) is 89.9 cm³/mol. The maximum Gasteiger partial charge on any atom is 0.188 e. The Hall–Kier alpha value is -1.62. The number of fused-ring (bicyclic) bond motifs is 1. The molecule has 1 N–H and O–H groups in total. The third-order valence-electron chi connectivity index (χ3n) is 3.18. The first kappa shape index (κ1) is 14.3. The zero-order valence-corrected chi connectivity index (χ0v) is 13.2. The third kappa shape index (κ3) is 3.35. The van der Waals surface area contributed by atoms with Crippen LogP contribution in [0.2, 0.25) is 5.02 Å². The second kappa shape index (κ2) is 6.43. The van der Waals surface area contributed by atoms with Crippen LogP contribution in [0.5, 0.6) is 0 Å². The Morgan fingerprint density at radius 3 is 2.95 bits per heavy atom. The molecule has 0 aliphatic heterocycles. The summed E-state index contributed by atoms with van der Waals surface area (Å²) in [4.78, 5) is 4.59. The van der Waals surface area contributed by atoms with Gasteiger partial charge in [0.1, 0.15) is 0 Å². The minimum absolute atomic E-state index is 0.703. The number of hydrogen-bond acceptors (Lipinski definition) is 4. The molecule has 0 saturated heterocycles. The molecule has 1 heterocycles. The van der Waals surface area contributed by atoms with Crippen LogP contribution in [0, 0.1) is 0 Å². The fourth-order valence-corrected chi connectivity index (χ4v) is 3.29. The van der Waals surface area contributed by atoms with Gasteiger partial charge in [-0.15, -0.1) is 0 Å². The van der Waals surface area contributed by atoms with Gasteiger partial charge >= 0.3 is 0 Å². The van der Waals surface area contributed by atoms with Crippen LogP contribution in [0.15, 0.2) is 42.5 Å². The van der Waals surface area contributed by atoms with Crippen LogP contribution in [-0.2, 0) is 11.2 Å². The summed E-state index contributed by atoms with van der Waals surface area (Å²) >= 11 is 7.62. The minimum Gasteiger partial charge on any atom is -0.384 e. The molecule has 0 amide bonds. The van der Waals surface area contributed by atoms with E-state index in [1.807, 2.05) is 30.3 Å². The SMILES string of the molecule is COCCc1ccccc1Nc1nc2ccc(Cl)cc2s1. The number of thiazole rings is 1. The Bertz CT molecular complexity index is 757. The van der Waals surface area contributed by atoms with Gasteiger partial charge < -0.3 is 10.1 Å². The molecule has 1 aromatic heterocycles. The highest BCUT2D eigenvalue weighted by atomic mass is 35.5. The van der Waals surface area contributed by atoms with Gasteiger partial charge in [0.05, 0.1) is 16.8 Å². The fraction of sp³-hybridized carbons (Fsp3) is 0.188. The summed E-state index contributed by atoms with van der Waals surface area (Å²) in [6.45, 7) is 0.703. The number of hydrogen-bond donors (Lipinski definition) is 1. The van der Waals surface area contributed by atoms with Crippen molar-refractivity contribution in [2.75, 3.05) is 19.0 Å². The number of nitrogens with one attached hydrogen (secondary N) is 1. The Labute approximate surface area is 132 Å². The van der Waals surface area contributed by atoms with Gasteiger partial charge in [0.2, 0.25) is 0 Å². The summed E-state index contributed by atoms with van der Waals surface area (Å²) in [5.41, 5.74) is 3.25. The van der Waals surface area contributed by atoms with Gasteiger partial charge in [-0.05, 0) is 36.2 Å². The van der Waals surface area contributed by atoms with Gasteiger partial charge in [0, 0.05) is 17.8 Å². The first-order valence-corrected chi connectivity index (χ1v) is 7.85. The van der Waals surface area contributed by atoms with Crippen LogP contribution >= 0.6 is 22.9 Å². The normalized spacial score (nSPS) is 11.0. The number of aromatic nitrogens is 1. The van der Waals surface area contributed by atoms with Crippen LogP contribution < -0.4 is 5.32 Å². The lowest BCUT2D eigenvalue weighted by molar-refractivity contribution is 0.202. The number of nitrogens with zero attached hydrogens (tertiary/aromatic N) is 1. The van der Waals surface area contributed by atoms with Crippen LogP contribution in [0.1, 0.15) is 5.56 Å². The van der Waals surface area contributed by atoms with Crippen LogP contribution in [0.25, 0.3) is 10.2 Å². The largest absolute Gasteiger partial charge is 0.384 e. The quantitative estimate of drug-likeness (QED) is 0.728. The average molecular weight is 319 g/mol. The smallest absolute Gasteiger partial charge is 0.188 e. The summed E-state index contributed by atoms with van der Waals surface area (Å²) in [5.74, 6) is 0. The highest BCUT2D eigenvalue weighted by molar-refractivity contribution is 7.22. The van der Waals surface area contributed by atoms with Gasteiger partial charge in [-0.1, -0.05) is 41.1 Å². The lowest BCUT2D eigenvalue weighted by atomic mass is 10.1. The number of rotatable bonds is 5. The van der Waals surface area contributed by atoms with Crippen molar-refractivity contribution in [2.45, 2.75) is 6.42 Å². The monoisotopic (exact) mass is 318 g/mol. The maximum atomic E-state index is 6.02. The topological polar surface area (TPSA) is 34.1 Å². The summed E-state index contributed by atoms with van der Waals surface area (Å²) in [6, 6.07) is 14.0. The van der Waals surface area contributed by atoms with Gasteiger partial charge in [0.15, 0.2) is 5.13 Å². The first-order valence-electron chi connectivity index (χ1n) is 6.66. The van der Waals surface area contributed by atoms with E-state index in [0.29, 0.717) is 6.61 Å². The average Bonchev–Trinajstić information content (AvgIpc) is 2.87. The van der Waals surface area contributed by atoms with E-state index in [1.54, 1.807) is 18.4 Å². The zero-order valence-electron chi connectivity index (χ0n) is 11.6. The number of para-hydroxylation sites is 1. The molecular weight excluding hydrogens is 304 g/mol. The van der Waals surface area contributed by atoms with Crippen molar-refractivity contribution in [1.82, 2.24) is 4.98 Å². The van der Waals surface area contributed by atoms with E-state index < -0.39 is 0 Å². The van der Waals surface area contributed by atoms with Crippen molar-refractivity contribution in [1.29, 1.82) is 0 Å². The van der Waals surface area contributed by atoms with Gasteiger partial charge in [-0.2, -0.15) is 0 Å². The molecule has 3 aromatic rings. The maximum absolute atomic E-state index is 6.02. The standard InChI is InChI=1S/C16H15ClN2OS/c1-20-9-8-11-4-2-3-5-13(11)18-16-19-14-7-6-12(17)10-15(14)21-16/h2-7,10H,8-9H2,1H3,(H,18,19). The number of halogens is 1. The molecule has 3 rings (SSSR count). The summed E-state index contributed by atoms with van der Waals surface area (Å²) < 4.78 is 6.24. The Morgan fingerprint density at radius 2 is 2.10 bits per heavy atom. The molecule has 0 fully saturated rings. The Kier molecular flexibility index (Phi) is 4.39. The lowest BCUT2D eigenvalue weighted by Crippen LogP contribution is -1.99. The minimum atomic E-state index is 0.703. The van der Waals surface area contributed by atoms with Crippen molar-refractivity contribution in [3.05, 3.63) is 53.1 Å². The number of benzene rings is 2. The van der Waals surface area contributed by atoms with Gasteiger partial charge in [-0.3, -0.25) is 0 Å². The molecule has 108 valence electrons. The predicted octanol–water partition coefficient (Wildman–Crippen LogP) is 4.88. The molecular formula is C16H15ClN2OS. The first-order chi connectivity index (χ1) is 10.3. The molecule has 0 spiro atoms. The van der Waals surface area contributed by atoms with E-state index in [4.69, 9.17) is 16.3 Å². The fourth-order valence-electron chi connectivity index (χ4n) is 2.14. The van der Waals surface area contributed by atoms with E-state index in [0.717, 1.165) is 32.5 Å². The molecule has 0 atom stereocenters. The van der Waals surface area contributed by atoms with E-state index in [9.17, 15) is 0 Å². The van der Waals surface area contributed by atoms with E-state index >= 15 is 0 Å². The van der Waals surface area contributed by atoms with Crippen molar-refractivity contribution in [3.63, 3.8) is 0 Å². The van der Waals surface area contributed by atoms with Crippen LogP contribution in [-0.4, -0.2) is 18.7 Å². The molecule has 3 nitrogen and oxygen atoms in total. The molecule has 0 radical (unpaired) electrons. The van der Waals surface area contributed by atoms with Crippen molar-refractivity contribution < 1.29 is 4.74 Å². The van der Waals surface area contributed by atoms with Crippen LogP contribution in [0.4, 0.5) is 10.8 Å². The van der Waals surface area contributed by atoms with Gasteiger partial charge in [-0.25, -0.2) is 4.98 Å².